The van der Waals surface area contributed by atoms with Crippen molar-refractivity contribution in [3.63, 3.8) is 0 Å². The molecule has 2 saturated heterocycles. The number of urea groups is 1. The van der Waals surface area contributed by atoms with Gasteiger partial charge >= 0.3 is 6.03 Å². The monoisotopic (exact) mass is 470 g/mol. The third-order valence-corrected chi connectivity index (χ3v) is 6.49. The maximum Gasteiger partial charge on any atom is 0.321 e. The average molecular weight is 471 g/mol. The quantitative estimate of drug-likeness (QED) is 0.673. The number of morpholine rings is 1. The van der Waals surface area contributed by atoms with E-state index in [1.165, 1.54) is 0 Å². The lowest BCUT2D eigenvalue weighted by Crippen LogP contribution is -2.41. The molecule has 2 fully saturated rings. The highest BCUT2D eigenvalue weighted by Crippen LogP contribution is 2.28. The molecule has 2 aromatic carbocycles. The van der Waals surface area contributed by atoms with E-state index in [4.69, 9.17) is 16.3 Å². The van der Waals surface area contributed by atoms with E-state index >= 15 is 0 Å². The van der Waals surface area contributed by atoms with Crippen LogP contribution < -0.4 is 10.6 Å². The number of anilines is 1. The average Bonchev–Trinajstić information content (AvgIpc) is 2.86. The summed E-state index contributed by atoms with van der Waals surface area (Å²) in [7, 11) is 0. The maximum absolute atomic E-state index is 12.8. The van der Waals surface area contributed by atoms with Crippen molar-refractivity contribution in [2.45, 2.75) is 18.8 Å². The molecular formula is C25H31ClN4O3. The van der Waals surface area contributed by atoms with Crippen LogP contribution in [-0.4, -0.2) is 74.2 Å². The molecule has 2 aromatic rings. The molecule has 0 aromatic heterocycles. The van der Waals surface area contributed by atoms with Gasteiger partial charge in [0.15, 0.2) is 0 Å². The molecule has 33 heavy (non-hydrogen) atoms. The number of benzene rings is 2. The Morgan fingerprint density at radius 3 is 2.64 bits per heavy atom. The number of nitrogens with one attached hydrogen (secondary N) is 2. The number of hydrogen-bond acceptors (Lipinski definition) is 4. The molecule has 2 N–H and O–H groups in total. The SMILES string of the molecule is O=C(NCCN1CCOCC1)c1cccc([C@H]2CCCN(C(=O)Nc3ccc(Cl)cc3)C2)c1. The topological polar surface area (TPSA) is 73.9 Å². The van der Waals surface area contributed by atoms with Crippen LogP contribution in [-0.2, 0) is 4.74 Å². The molecule has 2 heterocycles. The Bertz CT molecular complexity index is 947. The van der Waals surface area contributed by atoms with E-state index < -0.39 is 0 Å². The first-order valence-electron chi connectivity index (χ1n) is 11.6. The summed E-state index contributed by atoms with van der Waals surface area (Å²) in [6.45, 7) is 6.13. The van der Waals surface area contributed by atoms with Crippen molar-refractivity contribution in [3.8, 4) is 0 Å². The maximum atomic E-state index is 12.8. The molecule has 0 saturated carbocycles. The van der Waals surface area contributed by atoms with Crippen LogP contribution in [0.15, 0.2) is 48.5 Å². The van der Waals surface area contributed by atoms with Gasteiger partial charge in [-0.2, -0.15) is 0 Å². The molecule has 0 aliphatic carbocycles. The fourth-order valence-corrected chi connectivity index (χ4v) is 4.48. The van der Waals surface area contributed by atoms with Crippen LogP contribution in [0.25, 0.3) is 0 Å². The zero-order chi connectivity index (χ0) is 23.0. The minimum absolute atomic E-state index is 0.0572. The Morgan fingerprint density at radius 2 is 1.85 bits per heavy atom. The van der Waals surface area contributed by atoms with Crippen molar-refractivity contribution in [2.75, 3.05) is 57.8 Å². The van der Waals surface area contributed by atoms with E-state index in [0.29, 0.717) is 23.7 Å². The first-order chi connectivity index (χ1) is 16.1. The normalized spacial score (nSPS) is 19.2. The van der Waals surface area contributed by atoms with Crippen molar-refractivity contribution >= 4 is 29.2 Å². The van der Waals surface area contributed by atoms with Crippen molar-refractivity contribution in [2.24, 2.45) is 0 Å². The lowest BCUT2D eigenvalue weighted by Gasteiger charge is -2.33. The van der Waals surface area contributed by atoms with Crippen LogP contribution in [0, 0.1) is 0 Å². The molecule has 3 amide bonds. The molecule has 1 atom stereocenters. The lowest BCUT2D eigenvalue weighted by molar-refractivity contribution is 0.0383. The molecule has 0 unspecified atom stereocenters. The third-order valence-electron chi connectivity index (χ3n) is 6.24. The summed E-state index contributed by atoms with van der Waals surface area (Å²) in [6.07, 6.45) is 1.92. The fraction of sp³-hybridized carbons (Fsp3) is 0.440. The van der Waals surface area contributed by atoms with Gasteiger partial charge in [-0.25, -0.2) is 4.79 Å². The number of halogens is 1. The summed E-state index contributed by atoms with van der Waals surface area (Å²) >= 11 is 5.92. The number of amides is 3. The number of piperidine rings is 1. The summed E-state index contributed by atoms with van der Waals surface area (Å²) in [5, 5.41) is 6.61. The zero-order valence-electron chi connectivity index (χ0n) is 18.8. The lowest BCUT2D eigenvalue weighted by atomic mass is 9.89. The Kier molecular flexibility index (Phi) is 8.20. The van der Waals surface area contributed by atoms with Gasteiger partial charge in [0.2, 0.25) is 0 Å². The second kappa shape index (κ2) is 11.5. The Morgan fingerprint density at radius 1 is 1.06 bits per heavy atom. The van der Waals surface area contributed by atoms with Gasteiger partial charge < -0.3 is 20.3 Å². The molecule has 8 heteroatoms. The minimum Gasteiger partial charge on any atom is -0.379 e. The largest absolute Gasteiger partial charge is 0.379 e. The number of nitrogens with zero attached hydrogens (tertiary/aromatic N) is 2. The molecule has 0 radical (unpaired) electrons. The second-order valence-electron chi connectivity index (χ2n) is 8.56. The first kappa shape index (κ1) is 23.5. The summed E-state index contributed by atoms with van der Waals surface area (Å²) in [5.74, 6) is 0.147. The van der Waals surface area contributed by atoms with Crippen LogP contribution in [0.5, 0.6) is 0 Å². The van der Waals surface area contributed by atoms with Crippen molar-refractivity contribution in [3.05, 3.63) is 64.7 Å². The summed E-state index contributed by atoms with van der Waals surface area (Å²) in [4.78, 5) is 29.6. The molecule has 2 aliphatic rings. The minimum atomic E-state index is -0.112. The first-order valence-corrected chi connectivity index (χ1v) is 12.0. The number of rotatable bonds is 6. The smallest absolute Gasteiger partial charge is 0.321 e. The summed E-state index contributed by atoms with van der Waals surface area (Å²) < 4.78 is 5.36. The second-order valence-corrected chi connectivity index (χ2v) is 8.99. The van der Waals surface area contributed by atoms with Crippen molar-refractivity contribution in [1.82, 2.24) is 15.1 Å². The predicted molar refractivity (Wildman–Crippen MR) is 130 cm³/mol. The van der Waals surface area contributed by atoms with Gasteiger partial charge in [-0.3, -0.25) is 9.69 Å². The summed E-state index contributed by atoms with van der Waals surface area (Å²) in [6, 6.07) is 14.8. The van der Waals surface area contributed by atoms with Crippen LogP contribution in [0.1, 0.15) is 34.7 Å². The Balaban J connectivity index is 1.31. The van der Waals surface area contributed by atoms with E-state index in [1.807, 2.05) is 23.1 Å². The van der Waals surface area contributed by atoms with Gasteiger partial charge in [0.25, 0.3) is 5.91 Å². The van der Waals surface area contributed by atoms with Crippen molar-refractivity contribution in [1.29, 1.82) is 0 Å². The fourth-order valence-electron chi connectivity index (χ4n) is 4.36. The molecule has 4 rings (SSSR count). The predicted octanol–water partition coefficient (Wildman–Crippen LogP) is 3.81. The molecule has 0 bridgehead atoms. The summed E-state index contributed by atoms with van der Waals surface area (Å²) in [5.41, 5.74) is 2.49. The van der Waals surface area contributed by atoms with Gasteiger partial charge in [-0.1, -0.05) is 23.7 Å². The molecule has 2 aliphatic heterocycles. The van der Waals surface area contributed by atoms with E-state index in [9.17, 15) is 9.59 Å². The standard InChI is InChI=1S/C25H31ClN4O3/c26-22-6-8-23(9-7-22)28-25(32)30-11-2-5-21(18-30)19-3-1-4-20(17-19)24(31)27-10-12-29-13-15-33-16-14-29/h1,3-4,6-9,17,21H,2,5,10-16,18H2,(H,27,31)(H,28,32)/t21-/m0/s1. The highest BCUT2D eigenvalue weighted by Gasteiger charge is 2.25. The van der Waals surface area contributed by atoms with Gasteiger partial charge in [0.1, 0.15) is 0 Å². The van der Waals surface area contributed by atoms with Crippen molar-refractivity contribution < 1.29 is 14.3 Å². The number of carbonyl (C=O) groups excluding carboxylic acids is 2. The van der Waals surface area contributed by atoms with Gasteiger partial charge in [0, 0.05) is 61.5 Å². The van der Waals surface area contributed by atoms with Crippen LogP contribution >= 0.6 is 11.6 Å². The van der Waals surface area contributed by atoms with E-state index in [-0.39, 0.29) is 17.9 Å². The Labute approximate surface area is 200 Å². The third kappa shape index (κ3) is 6.69. The molecule has 0 spiro atoms. The molecular weight excluding hydrogens is 440 g/mol. The van der Waals surface area contributed by atoms with E-state index in [0.717, 1.165) is 63.5 Å². The van der Waals surface area contributed by atoms with E-state index in [2.05, 4.69) is 21.6 Å². The van der Waals surface area contributed by atoms with Crippen LogP contribution in [0.3, 0.4) is 0 Å². The zero-order valence-corrected chi connectivity index (χ0v) is 19.5. The number of carbonyl (C=O) groups is 2. The van der Waals surface area contributed by atoms with Crippen LogP contribution in [0.2, 0.25) is 5.02 Å². The van der Waals surface area contributed by atoms with E-state index in [1.54, 1.807) is 24.3 Å². The van der Waals surface area contributed by atoms with Gasteiger partial charge in [-0.15, -0.1) is 0 Å². The number of likely N-dealkylation sites (tertiary alicyclic amines) is 1. The highest BCUT2D eigenvalue weighted by molar-refractivity contribution is 6.30. The Hall–Kier alpha value is -2.61. The van der Waals surface area contributed by atoms with Gasteiger partial charge in [0.05, 0.1) is 13.2 Å². The number of ether oxygens (including phenoxy) is 1. The molecule has 176 valence electrons. The van der Waals surface area contributed by atoms with Crippen LogP contribution in [0.4, 0.5) is 10.5 Å². The highest BCUT2D eigenvalue weighted by atomic mass is 35.5. The number of hydrogen-bond donors (Lipinski definition) is 2. The molecule has 7 nitrogen and oxygen atoms in total. The van der Waals surface area contributed by atoms with Gasteiger partial charge in [-0.05, 0) is 54.8 Å².